The maximum absolute atomic E-state index is 6.26. The van der Waals surface area contributed by atoms with E-state index < -0.39 is 0 Å². The molecule has 0 fully saturated rings. The molecule has 0 bridgehead atoms. The van der Waals surface area contributed by atoms with Gasteiger partial charge in [0.15, 0.2) is 5.58 Å². The Labute approximate surface area is 151 Å². The molecule has 2 aromatic carbocycles. The van der Waals surface area contributed by atoms with E-state index in [1.165, 1.54) is 10.9 Å². The van der Waals surface area contributed by atoms with Crippen LogP contribution in [0.1, 0.15) is 40.2 Å². The molecule has 25 heavy (non-hydrogen) atoms. The Bertz CT molecular complexity index is 868. The molecule has 0 radical (unpaired) electrons. The third-order valence-corrected chi connectivity index (χ3v) is 3.87. The fourth-order valence-electron chi connectivity index (χ4n) is 2.90. The second kappa shape index (κ2) is 9.12. The molecule has 1 heterocycles. The third kappa shape index (κ3) is 4.33. The summed E-state index contributed by atoms with van der Waals surface area (Å²) < 4.78 is 6.26. The lowest BCUT2D eigenvalue weighted by molar-refractivity contribution is 0.624. The molecule has 0 aliphatic heterocycles. The molecule has 0 atom stereocenters. The predicted octanol–water partition coefficient (Wildman–Crippen LogP) is 7.31. The van der Waals surface area contributed by atoms with Crippen LogP contribution in [0.4, 0.5) is 5.69 Å². The predicted molar refractivity (Wildman–Crippen MR) is 111 cm³/mol. The summed E-state index contributed by atoms with van der Waals surface area (Å²) in [6.07, 6.45) is 8.93. The second-order valence-electron chi connectivity index (χ2n) is 6.21. The Balaban J connectivity index is 0.00000109. The van der Waals surface area contributed by atoms with E-state index in [0.717, 1.165) is 28.7 Å². The number of fused-ring (bicyclic) bond motifs is 3. The Hall–Kier alpha value is -2.48. The molecule has 0 aliphatic rings. The van der Waals surface area contributed by atoms with E-state index in [1.807, 2.05) is 51.3 Å². The molecule has 3 rings (SSSR count). The Morgan fingerprint density at radius 3 is 2.32 bits per heavy atom. The van der Waals surface area contributed by atoms with Crippen molar-refractivity contribution in [2.45, 2.75) is 41.0 Å². The van der Waals surface area contributed by atoms with Gasteiger partial charge in [-0.1, -0.05) is 70.2 Å². The van der Waals surface area contributed by atoms with Gasteiger partial charge in [-0.05, 0) is 37.0 Å². The van der Waals surface area contributed by atoms with Gasteiger partial charge in [0.2, 0.25) is 0 Å². The van der Waals surface area contributed by atoms with Crippen LogP contribution >= 0.6 is 0 Å². The van der Waals surface area contributed by atoms with Crippen LogP contribution in [0, 0.1) is 5.92 Å². The lowest BCUT2D eigenvalue weighted by Gasteiger charge is -2.04. The first-order valence-electron chi connectivity index (χ1n) is 9.18. The van der Waals surface area contributed by atoms with Gasteiger partial charge < -0.3 is 9.73 Å². The van der Waals surface area contributed by atoms with Crippen LogP contribution in [0.15, 0.2) is 65.2 Å². The van der Waals surface area contributed by atoms with Gasteiger partial charge in [-0.25, -0.2) is 0 Å². The molecule has 2 nitrogen and oxygen atoms in total. The number of furan rings is 1. The summed E-state index contributed by atoms with van der Waals surface area (Å²) in [7, 11) is 0. The van der Waals surface area contributed by atoms with Gasteiger partial charge >= 0.3 is 0 Å². The Morgan fingerprint density at radius 2 is 1.64 bits per heavy atom. The summed E-state index contributed by atoms with van der Waals surface area (Å²) in [6.45, 7) is 10.5. The normalized spacial score (nSPS) is 11.6. The van der Waals surface area contributed by atoms with Crippen LogP contribution in [-0.2, 0) is 6.42 Å². The summed E-state index contributed by atoms with van der Waals surface area (Å²) in [6, 6.07) is 12.7. The molecule has 3 aromatic rings. The molecular formula is C23H29NO. The SMILES string of the molecule is C/C=C\C=C/Nc1cccc2c1oc1c(CC(C)C)cccc12.CC. The van der Waals surface area contributed by atoms with Crippen LogP contribution < -0.4 is 5.32 Å². The Kier molecular flexibility index (Phi) is 6.88. The van der Waals surface area contributed by atoms with Crippen molar-refractivity contribution in [3.05, 3.63) is 66.4 Å². The highest BCUT2D eigenvalue weighted by Crippen LogP contribution is 2.35. The standard InChI is InChI=1S/C21H23NO.C2H6/c1-4-5-6-13-22-19-12-8-11-18-17-10-7-9-16(14-15(2)3)20(17)23-21(18)19;1-2/h4-13,15,22H,14H2,1-3H3;1-2H3/b5-4-,13-6-;. The van der Waals surface area contributed by atoms with E-state index in [4.69, 9.17) is 4.42 Å². The molecular weight excluding hydrogens is 306 g/mol. The molecule has 0 aliphatic carbocycles. The molecule has 0 spiro atoms. The maximum atomic E-state index is 6.26. The van der Waals surface area contributed by atoms with Crippen LogP contribution in [0.3, 0.4) is 0 Å². The quantitative estimate of drug-likeness (QED) is 0.494. The zero-order valence-electron chi connectivity index (χ0n) is 16.0. The molecule has 0 saturated heterocycles. The van der Waals surface area contributed by atoms with Crippen molar-refractivity contribution < 1.29 is 4.42 Å². The minimum Gasteiger partial charge on any atom is -0.454 e. The first-order valence-corrected chi connectivity index (χ1v) is 9.18. The van der Waals surface area contributed by atoms with E-state index in [1.54, 1.807) is 0 Å². The van der Waals surface area contributed by atoms with Crippen molar-refractivity contribution in [3.63, 3.8) is 0 Å². The lowest BCUT2D eigenvalue weighted by atomic mass is 10.0. The van der Waals surface area contributed by atoms with Gasteiger partial charge in [0.05, 0.1) is 5.69 Å². The summed E-state index contributed by atoms with van der Waals surface area (Å²) in [5.41, 5.74) is 4.21. The minimum absolute atomic E-state index is 0.607. The number of anilines is 1. The fourth-order valence-corrected chi connectivity index (χ4v) is 2.90. The average Bonchev–Trinajstić information content (AvgIpc) is 3.01. The number of hydrogen-bond acceptors (Lipinski definition) is 2. The molecule has 0 amide bonds. The highest BCUT2D eigenvalue weighted by molar-refractivity contribution is 6.09. The smallest absolute Gasteiger partial charge is 0.158 e. The summed E-state index contributed by atoms with van der Waals surface area (Å²) >= 11 is 0. The highest BCUT2D eigenvalue weighted by atomic mass is 16.3. The summed E-state index contributed by atoms with van der Waals surface area (Å²) in [5, 5.41) is 5.67. The third-order valence-electron chi connectivity index (χ3n) is 3.87. The van der Waals surface area contributed by atoms with Crippen LogP contribution in [-0.4, -0.2) is 0 Å². The second-order valence-corrected chi connectivity index (χ2v) is 6.21. The highest BCUT2D eigenvalue weighted by Gasteiger charge is 2.13. The number of rotatable bonds is 5. The van der Waals surface area contributed by atoms with Crippen LogP contribution in [0.2, 0.25) is 0 Å². The monoisotopic (exact) mass is 335 g/mol. The van der Waals surface area contributed by atoms with Gasteiger partial charge in [0, 0.05) is 17.0 Å². The number of benzene rings is 2. The number of hydrogen-bond donors (Lipinski definition) is 1. The van der Waals surface area contributed by atoms with Crippen molar-refractivity contribution in [2.75, 3.05) is 5.32 Å². The Morgan fingerprint density at radius 1 is 0.960 bits per heavy atom. The zero-order chi connectivity index (χ0) is 18.2. The largest absolute Gasteiger partial charge is 0.454 e. The van der Waals surface area contributed by atoms with E-state index in [0.29, 0.717) is 5.92 Å². The van der Waals surface area contributed by atoms with Gasteiger partial charge in [0.1, 0.15) is 5.58 Å². The zero-order valence-corrected chi connectivity index (χ0v) is 16.0. The summed E-state index contributed by atoms with van der Waals surface area (Å²) in [5.74, 6) is 0.607. The maximum Gasteiger partial charge on any atom is 0.158 e. The van der Waals surface area contributed by atoms with E-state index >= 15 is 0 Å². The van der Waals surface area contributed by atoms with Gasteiger partial charge in [-0.2, -0.15) is 0 Å². The van der Waals surface area contributed by atoms with Crippen molar-refractivity contribution in [3.8, 4) is 0 Å². The number of para-hydroxylation sites is 2. The van der Waals surface area contributed by atoms with Crippen molar-refractivity contribution in [2.24, 2.45) is 5.92 Å². The number of allylic oxidation sites excluding steroid dienone is 3. The van der Waals surface area contributed by atoms with Crippen LogP contribution in [0.5, 0.6) is 0 Å². The van der Waals surface area contributed by atoms with E-state index in [9.17, 15) is 0 Å². The van der Waals surface area contributed by atoms with Gasteiger partial charge in [-0.15, -0.1) is 0 Å². The summed E-state index contributed by atoms with van der Waals surface area (Å²) in [4.78, 5) is 0. The number of nitrogens with one attached hydrogen (secondary N) is 1. The molecule has 0 saturated carbocycles. The van der Waals surface area contributed by atoms with Crippen LogP contribution in [0.25, 0.3) is 21.9 Å². The first kappa shape index (κ1) is 18.9. The van der Waals surface area contributed by atoms with Crippen molar-refractivity contribution in [1.29, 1.82) is 0 Å². The van der Waals surface area contributed by atoms with Crippen molar-refractivity contribution >= 4 is 27.6 Å². The lowest BCUT2D eigenvalue weighted by Crippen LogP contribution is -1.93. The molecule has 132 valence electrons. The van der Waals surface area contributed by atoms with Crippen molar-refractivity contribution in [1.82, 2.24) is 0 Å². The molecule has 1 N–H and O–H groups in total. The van der Waals surface area contributed by atoms with E-state index in [-0.39, 0.29) is 0 Å². The van der Waals surface area contributed by atoms with Gasteiger partial charge in [0.25, 0.3) is 0 Å². The first-order chi connectivity index (χ1) is 12.2. The molecule has 0 unspecified atom stereocenters. The van der Waals surface area contributed by atoms with E-state index in [2.05, 4.69) is 49.5 Å². The van der Waals surface area contributed by atoms with Gasteiger partial charge in [-0.3, -0.25) is 0 Å². The fraction of sp³-hybridized carbons (Fsp3) is 0.304. The molecule has 2 heteroatoms. The average molecular weight is 335 g/mol. The molecule has 1 aromatic heterocycles. The minimum atomic E-state index is 0.607. The topological polar surface area (TPSA) is 25.2 Å².